The van der Waals surface area contributed by atoms with Crippen LogP contribution in [0.1, 0.15) is 50.1 Å². The van der Waals surface area contributed by atoms with E-state index in [-0.39, 0.29) is 17.1 Å². The number of nitrogens with zero attached hydrogens (tertiary/aromatic N) is 2. The van der Waals surface area contributed by atoms with Crippen LogP contribution in [0.3, 0.4) is 0 Å². The van der Waals surface area contributed by atoms with E-state index in [1.54, 1.807) is 0 Å². The van der Waals surface area contributed by atoms with E-state index in [2.05, 4.69) is 25.8 Å². The van der Waals surface area contributed by atoms with Crippen molar-refractivity contribution in [3.8, 4) is 0 Å². The van der Waals surface area contributed by atoms with Crippen LogP contribution < -0.4 is 10.6 Å². The molecule has 6 nitrogen and oxygen atoms in total. The summed E-state index contributed by atoms with van der Waals surface area (Å²) in [4.78, 5) is 16.2. The van der Waals surface area contributed by atoms with Gasteiger partial charge in [0.1, 0.15) is 5.82 Å². The molecule has 2 rings (SSSR count). The third kappa shape index (κ3) is 3.76. The van der Waals surface area contributed by atoms with Crippen LogP contribution in [-0.4, -0.2) is 40.7 Å². The van der Waals surface area contributed by atoms with Crippen LogP contribution in [0.2, 0.25) is 0 Å². The molecular formula is C13H23N5O. The van der Waals surface area contributed by atoms with Crippen molar-refractivity contribution in [2.75, 3.05) is 19.6 Å². The number of aromatic nitrogens is 3. The smallest absolute Gasteiger partial charge is 0.290 e. The lowest BCUT2D eigenvalue weighted by atomic mass is 9.96. The predicted molar refractivity (Wildman–Crippen MR) is 73.0 cm³/mol. The van der Waals surface area contributed by atoms with Crippen molar-refractivity contribution in [2.24, 2.45) is 5.92 Å². The third-order valence-corrected chi connectivity index (χ3v) is 3.41. The average molecular weight is 265 g/mol. The number of piperidine rings is 1. The van der Waals surface area contributed by atoms with Crippen molar-refractivity contribution < 1.29 is 4.79 Å². The van der Waals surface area contributed by atoms with Gasteiger partial charge in [0.2, 0.25) is 5.82 Å². The van der Waals surface area contributed by atoms with Gasteiger partial charge in [-0.25, -0.2) is 4.98 Å². The molecule has 1 aliphatic heterocycles. The summed E-state index contributed by atoms with van der Waals surface area (Å²) >= 11 is 0. The normalized spacial score (nSPS) is 17.4. The fraction of sp³-hybridized carbons (Fsp3) is 0.769. The van der Waals surface area contributed by atoms with Gasteiger partial charge in [0, 0.05) is 12.0 Å². The Bertz CT molecular complexity index is 428. The summed E-state index contributed by atoms with van der Waals surface area (Å²) in [5.41, 5.74) is -0.124. The van der Waals surface area contributed by atoms with E-state index in [9.17, 15) is 4.79 Å². The zero-order valence-corrected chi connectivity index (χ0v) is 11.9. The van der Waals surface area contributed by atoms with E-state index in [4.69, 9.17) is 0 Å². The molecule has 0 aliphatic carbocycles. The summed E-state index contributed by atoms with van der Waals surface area (Å²) in [6.45, 7) is 8.88. The molecule has 1 aromatic heterocycles. The monoisotopic (exact) mass is 265 g/mol. The molecule has 19 heavy (non-hydrogen) atoms. The highest BCUT2D eigenvalue weighted by molar-refractivity contribution is 5.90. The second-order valence-corrected chi connectivity index (χ2v) is 6.16. The van der Waals surface area contributed by atoms with Crippen LogP contribution in [0.4, 0.5) is 0 Å². The maximum absolute atomic E-state index is 12.0. The molecule has 2 heterocycles. The quantitative estimate of drug-likeness (QED) is 0.756. The first-order valence-corrected chi connectivity index (χ1v) is 6.88. The minimum atomic E-state index is -0.190. The van der Waals surface area contributed by atoms with Gasteiger partial charge in [-0.15, -0.1) is 5.10 Å². The van der Waals surface area contributed by atoms with Crippen molar-refractivity contribution in [3.05, 3.63) is 11.6 Å². The Labute approximate surface area is 113 Å². The van der Waals surface area contributed by atoms with Crippen molar-refractivity contribution in [2.45, 2.75) is 39.0 Å². The van der Waals surface area contributed by atoms with E-state index in [0.717, 1.165) is 31.8 Å². The largest absolute Gasteiger partial charge is 0.349 e. The standard InChI is InChI=1S/C13H23N5O/c1-13(2,3)12-16-10(17-18-12)11(19)15-8-9-4-6-14-7-5-9/h9,14H,4-8H2,1-3H3,(H,15,19)(H,16,17,18). The van der Waals surface area contributed by atoms with E-state index < -0.39 is 0 Å². The topological polar surface area (TPSA) is 82.7 Å². The van der Waals surface area contributed by atoms with Crippen LogP contribution in [0, 0.1) is 5.92 Å². The molecular weight excluding hydrogens is 242 g/mol. The summed E-state index contributed by atoms with van der Waals surface area (Å²) in [6.07, 6.45) is 2.23. The van der Waals surface area contributed by atoms with Crippen molar-refractivity contribution >= 4 is 5.91 Å². The lowest BCUT2D eigenvalue weighted by Gasteiger charge is -2.22. The SMILES string of the molecule is CC(C)(C)c1nc(C(=O)NCC2CCNCC2)n[nH]1. The van der Waals surface area contributed by atoms with Gasteiger partial charge < -0.3 is 10.6 Å². The highest BCUT2D eigenvalue weighted by Crippen LogP contribution is 2.17. The molecule has 1 aliphatic rings. The van der Waals surface area contributed by atoms with Gasteiger partial charge in [-0.3, -0.25) is 9.89 Å². The molecule has 1 aromatic rings. The fourth-order valence-electron chi connectivity index (χ4n) is 2.10. The Morgan fingerprint density at radius 1 is 1.37 bits per heavy atom. The maximum Gasteiger partial charge on any atom is 0.290 e. The summed E-state index contributed by atoms with van der Waals surface area (Å²) < 4.78 is 0. The molecule has 1 saturated heterocycles. The molecule has 0 aromatic carbocycles. The Balaban J connectivity index is 1.87. The van der Waals surface area contributed by atoms with E-state index in [1.807, 2.05) is 20.8 Å². The van der Waals surface area contributed by atoms with E-state index in [0.29, 0.717) is 12.5 Å². The van der Waals surface area contributed by atoms with Gasteiger partial charge in [0.15, 0.2) is 0 Å². The molecule has 106 valence electrons. The molecule has 6 heteroatoms. The van der Waals surface area contributed by atoms with Gasteiger partial charge in [-0.2, -0.15) is 0 Å². The van der Waals surface area contributed by atoms with Crippen molar-refractivity contribution in [1.29, 1.82) is 0 Å². The molecule has 0 radical (unpaired) electrons. The first-order chi connectivity index (χ1) is 8.97. The summed E-state index contributed by atoms with van der Waals surface area (Å²) in [5.74, 6) is 1.34. The van der Waals surface area contributed by atoms with Crippen molar-refractivity contribution in [1.82, 2.24) is 25.8 Å². The minimum absolute atomic E-state index is 0.124. The second kappa shape index (κ2) is 5.69. The third-order valence-electron chi connectivity index (χ3n) is 3.41. The number of amides is 1. The molecule has 0 saturated carbocycles. The zero-order chi connectivity index (χ0) is 13.9. The molecule has 1 amide bonds. The Kier molecular flexibility index (Phi) is 4.19. The number of aromatic amines is 1. The summed E-state index contributed by atoms with van der Waals surface area (Å²) in [7, 11) is 0. The Morgan fingerprint density at radius 3 is 2.63 bits per heavy atom. The maximum atomic E-state index is 12.0. The molecule has 0 unspecified atom stereocenters. The van der Waals surface area contributed by atoms with Crippen molar-refractivity contribution in [3.63, 3.8) is 0 Å². The minimum Gasteiger partial charge on any atom is -0.349 e. The molecule has 0 bridgehead atoms. The number of nitrogens with one attached hydrogen (secondary N) is 3. The number of hydrogen-bond acceptors (Lipinski definition) is 4. The van der Waals surface area contributed by atoms with Gasteiger partial charge in [0.25, 0.3) is 5.91 Å². The lowest BCUT2D eigenvalue weighted by molar-refractivity contribution is 0.0934. The van der Waals surface area contributed by atoms with Crippen LogP contribution in [0.15, 0.2) is 0 Å². The molecule has 0 atom stereocenters. The van der Waals surface area contributed by atoms with Crippen LogP contribution in [-0.2, 0) is 5.41 Å². The van der Waals surface area contributed by atoms with Gasteiger partial charge in [0.05, 0.1) is 0 Å². The first-order valence-electron chi connectivity index (χ1n) is 6.88. The van der Waals surface area contributed by atoms with Crippen LogP contribution in [0.25, 0.3) is 0 Å². The number of carbonyl (C=O) groups is 1. The predicted octanol–water partition coefficient (Wildman–Crippen LogP) is 0.832. The number of hydrogen-bond donors (Lipinski definition) is 3. The summed E-state index contributed by atoms with van der Waals surface area (Å²) in [6, 6.07) is 0. The molecule has 0 spiro atoms. The number of H-pyrrole nitrogens is 1. The molecule has 3 N–H and O–H groups in total. The number of rotatable bonds is 3. The summed E-state index contributed by atoms with van der Waals surface area (Å²) in [5, 5.41) is 13.1. The second-order valence-electron chi connectivity index (χ2n) is 6.16. The molecule has 1 fully saturated rings. The lowest BCUT2D eigenvalue weighted by Crippen LogP contribution is -2.36. The van der Waals surface area contributed by atoms with Crippen LogP contribution in [0.5, 0.6) is 0 Å². The average Bonchev–Trinajstić information content (AvgIpc) is 2.87. The van der Waals surface area contributed by atoms with Gasteiger partial charge in [-0.05, 0) is 31.8 Å². The first kappa shape index (κ1) is 14.0. The Hall–Kier alpha value is -1.43. The highest BCUT2D eigenvalue weighted by atomic mass is 16.2. The van der Waals surface area contributed by atoms with Crippen LogP contribution >= 0.6 is 0 Å². The Morgan fingerprint density at radius 2 is 2.05 bits per heavy atom. The highest BCUT2D eigenvalue weighted by Gasteiger charge is 2.22. The van der Waals surface area contributed by atoms with E-state index >= 15 is 0 Å². The zero-order valence-electron chi connectivity index (χ0n) is 11.9. The fourth-order valence-corrected chi connectivity index (χ4v) is 2.10. The van der Waals surface area contributed by atoms with Gasteiger partial charge in [-0.1, -0.05) is 20.8 Å². The van der Waals surface area contributed by atoms with E-state index in [1.165, 1.54) is 0 Å². The van der Waals surface area contributed by atoms with Gasteiger partial charge >= 0.3 is 0 Å². The number of carbonyl (C=O) groups excluding carboxylic acids is 1.